The average molecular weight is 359 g/mol. The molecule has 24 heavy (non-hydrogen) atoms. The minimum Gasteiger partial charge on any atom is -0.313 e. The van der Waals surface area contributed by atoms with Crippen molar-refractivity contribution in [1.29, 1.82) is 0 Å². The largest absolute Gasteiger partial charge is 0.313 e. The second kappa shape index (κ2) is 7.86. The van der Waals surface area contributed by atoms with Gasteiger partial charge in [0.2, 0.25) is 0 Å². The van der Waals surface area contributed by atoms with Crippen molar-refractivity contribution in [2.24, 2.45) is 4.99 Å². The molecule has 0 amide bonds. The summed E-state index contributed by atoms with van der Waals surface area (Å²) in [5.74, 6) is 1.03. The van der Waals surface area contributed by atoms with Gasteiger partial charge in [0, 0.05) is 22.0 Å². The third kappa shape index (κ3) is 4.00. The van der Waals surface area contributed by atoms with Crippen LogP contribution in [0.25, 0.3) is 0 Å². The summed E-state index contributed by atoms with van der Waals surface area (Å²) in [4.78, 5) is 19.5. The number of hydrogen-bond acceptors (Lipinski definition) is 4. The zero-order valence-corrected chi connectivity index (χ0v) is 15.1. The van der Waals surface area contributed by atoms with Gasteiger partial charge >= 0.3 is 0 Å². The molecule has 3 rings (SSSR count). The van der Waals surface area contributed by atoms with E-state index in [-0.39, 0.29) is 12.3 Å². The summed E-state index contributed by atoms with van der Waals surface area (Å²) in [7, 11) is 0. The molecule has 2 aromatic rings. The molecule has 0 aliphatic carbocycles. The van der Waals surface area contributed by atoms with Crippen LogP contribution in [0.15, 0.2) is 59.6 Å². The van der Waals surface area contributed by atoms with E-state index in [9.17, 15) is 4.79 Å². The van der Waals surface area contributed by atoms with Crippen LogP contribution in [-0.2, 0) is 0 Å². The van der Waals surface area contributed by atoms with Gasteiger partial charge in [0.05, 0.1) is 12.6 Å². The smallest absolute Gasteiger partial charge is 0.182 e. The Morgan fingerprint density at radius 2 is 1.92 bits per heavy atom. The van der Waals surface area contributed by atoms with E-state index in [2.05, 4.69) is 6.92 Å². The number of nitrogens with zero attached hydrogens (tertiary/aromatic N) is 2. The van der Waals surface area contributed by atoms with Gasteiger partial charge in [-0.1, -0.05) is 48.5 Å². The number of hydrogen-bond donors (Lipinski definition) is 0. The molecule has 0 radical (unpaired) electrons. The van der Waals surface area contributed by atoms with Crippen LogP contribution >= 0.6 is 23.4 Å². The van der Waals surface area contributed by atoms with E-state index >= 15 is 0 Å². The second-order valence-electron chi connectivity index (χ2n) is 5.64. The van der Waals surface area contributed by atoms with Crippen molar-refractivity contribution in [3.8, 4) is 0 Å². The topological polar surface area (TPSA) is 32.7 Å². The molecule has 1 aliphatic heterocycles. The first-order valence-corrected chi connectivity index (χ1v) is 9.35. The number of benzene rings is 2. The first-order chi connectivity index (χ1) is 11.7. The van der Waals surface area contributed by atoms with Gasteiger partial charge < -0.3 is 4.90 Å². The van der Waals surface area contributed by atoms with Crippen molar-refractivity contribution in [1.82, 2.24) is 0 Å². The van der Waals surface area contributed by atoms with Crippen LogP contribution in [0.4, 0.5) is 5.69 Å². The Bertz CT molecular complexity index is 731. The third-order valence-corrected chi connectivity index (χ3v) is 5.32. The van der Waals surface area contributed by atoms with Crippen LogP contribution in [0.2, 0.25) is 5.02 Å². The molecule has 3 nitrogen and oxygen atoms in total. The minimum atomic E-state index is 0.0544. The predicted molar refractivity (Wildman–Crippen MR) is 104 cm³/mol. The Labute approximate surface area is 151 Å². The molecule has 0 saturated carbocycles. The van der Waals surface area contributed by atoms with E-state index in [1.54, 1.807) is 36.0 Å². The van der Waals surface area contributed by atoms with Gasteiger partial charge in [0.1, 0.15) is 0 Å². The predicted octanol–water partition coefficient (Wildman–Crippen LogP) is 4.91. The molecular formula is C19H19ClN2OS. The van der Waals surface area contributed by atoms with E-state index in [4.69, 9.17) is 16.6 Å². The lowest BCUT2D eigenvalue weighted by molar-refractivity contribution is 0.100. The lowest BCUT2D eigenvalue weighted by Gasteiger charge is -2.23. The molecule has 5 heteroatoms. The van der Waals surface area contributed by atoms with Gasteiger partial charge in [-0.05, 0) is 42.8 Å². The minimum absolute atomic E-state index is 0.0544. The molecule has 0 bridgehead atoms. The Kier molecular flexibility index (Phi) is 5.59. The number of carbonyl (C=O) groups excluding carboxylic acids is 1. The molecule has 1 aliphatic rings. The van der Waals surface area contributed by atoms with Crippen LogP contribution in [0.5, 0.6) is 0 Å². The van der Waals surface area contributed by atoms with E-state index in [1.807, 2.05) is 35.2 Å². The number of anilines is 1. The zero-order valence-electron chi connectivity index (χ0n) is 13.5. The highest BCUT2D eigenvalue weighted by Gasteiger charge is 2.24. The monoisotopic (exact) mass is 358 g/mol. The van der Waals surface area contributed by atoms with Gasteiger partial charge in [0.25, 0.3) is 0 Å². The Morgan fingerprint density at radius 3 is 2.54 bits per heavy atom. The Hall–Kier alpha value is -1.78. The lowest BCUT2D eigenvalue weighted by atomic mass is 10.1. The number of amidine groups is 1. The fourth-order valence-electron chi connectivity index (χ4n) is 2.51. The van der Waals surface area contributed by atoms with Gasteiger partial charge in [-0.25, -0.2) is 0 Å². The van der Waals surface area contributed by atoms with E-state index in [0.29, 0.717) is 16.6 Å². The quantitative estimate of drug-likeness (QED) is 0.712. The molecule has 1 heterocycles. The van der Waals surface area contributed by atoms with Crippen LogP contribution < -0.4 is 4.90 Å². The molecule has 0 spiro atoms. The van der Waals surface area contributed by atoms with E-state index < -0.39 is 0 Å². The Morgan fingerprint density at radius 1 is 1.21 bits per heavy atom. The van der Waals surface area contributed by atoms with Crippen molar-refractivity contribution >= 4 is 40.0 Å². The molecule has 0 N–H and O–H groups in total. The summed E-state index contributed by atoms with van der Waals surface area (Å²) in [6.45, 7) is 2.41. The van der Waals surface area contributed by atoms with Crippen LogP contribution in [0.3, 0.4) is 0 Å². The van der Waals surface area contributed by atoms with Gasteiger partial charge in [-0.3, -0.25) is 9.79 Å². The number of rotatable bonds is 5. The van der Waals surface area contributed by atoms with Crippen molar-refractivity contribution in [3.05, 3.63) is 65.2 Å². The molecule has 1 atom stereocenters. The molecule has 0 saturated heterocycles. The van der Waals surface area contributed by atoms with Crippen LogP contribution in [0, 0.1) is 0 Å². The average Bonchev–Trinajstić information content (AvgIpc) is 3.09. The lowest BCUT2D eigenvalue weighted by Crippen LogP contribution is -2.33. The highest BCUT2D eigenvalue weighted by molar-refractivity contribution is 8.14. The highest BCUT2D eigenvalue weighted by Crippen LogP contribution is 2.27. The van der Waals surface area contributed by atoms with E-state index in [1.165, 1.54) is 0 Å². The van der Waals surface area contributed by atoms with Gasteiger partial charge in [-0.2, -0.15) is 0 Å². The summed E-state index contributed by atoms with van der Waals surface area (Å²) < 4.78 is 0. The molecule has 0 fully saturated rings. The third-order valence-electron chi connectivity index (χ3n) is 3.94. The second-order valence-corrected chi connectivity index (χ2v) is 7.06. The maximum atomic E-state index is 12.7. The summed E-state index contributed by atoms with van der Waals surface area (Å²) in [6, 6.07) is 17.3. The first kappa shape index (κ1) is 17.1. The number of thioether (sulfide) groups is 1. The standard InChI is InChI=1S/C19H19ClN2OS/c1-2-16-13-24-19(21-16)22(17-6-4-3-5-7-17)12-18(23)14-8-10-15(20)11-9-14/h3-11,16H,2,12-13H2,1H3. The highest BCUT2D eigenvalue weighted by atomic mass is 35.5. The number of ketones is 1. The summed E-state index contributed by atoms with van der Waals surface area (Å²) in [5, 5.41) is 1.56. The van der Waals surface area contributed by atoms with Crippen molar-refractivity contribution in [3.63, 3.8) is 0 Å². The fourth-order valence-corrected chi connectivity index (χ4v) is 3.83. The molecule has 2 aromatic carbocycles. The van der Waals surface area contributed by atoms with Crippen molar-refractivity contribution in [2.75, 3.05) is 17.2 Å². The maximum absolute atomic E-state index is 12.7. The van der Waals surface area contributed by atoms with Gasteiger partial charge in [0.15, 0.2) is 11.0 Å². The summed E-state index contributed by atoms with van der Waals surface area (Å²) >= 11 is 7.63. The van der Waals surface area contributed by atoms with Crippen LogP contribution in [0.1, 0.15) is 23.7 Å². The number of Topliss-reactive ketones (excluding diaryl/α,β-unsaturated/α-hetero) is 1. The molecule has 124 valence electrons. The van der Waals surface area contributed by atoms with Crippen LogP contribution in [-0.4, -0.2) is 29.3 Å². The zero-order chi connectivity index (χ0) is 16.9. The first-order valence-electron chi connectivity index (χ1n) is 7.99. The fraction of sp³-hybridized carbons (Fsp3) is 0.263. The SMILES string of the molecule is CCC1CSC(N(CC(=O)c2ccc(Cl)cc2)c2ccccc2)=N1. The molecule has 1 unspecified atom stereocenters. The molecule has 0 aromatic heterocycles. The summed E-state index contributed by atoms with van der Waals surface area (Å²) in [6.07, 6.45) is 1.02. The number of para-hydroxylation sites is 1. The molecular weight excluding hydrogens is 340 g/mol. The van der Waals surface area contributed by atoms with Gasteiger partial charge in [-0.15, -0.1) is 0 Å². The van der Waals surface area contributed by atoms with Crippen molar-refractivity contribution < 1.29 is 4.79 Å². The van der Waals surface area contributed by atoms with Crippen molar-refractivity contribution in [2.45, 2.75) is 19.4 Å². The Balaban J connectivity index is 1.85. The number of carbonyl (C=O) groups is 1. The normalized spacial score (nSPS) is 16.8. The number of halogens is 1. The number of aliphatic imine (C=N–C) groups is 1. The maximum Gasteiger partial charge on any atom is 0.182 e. The summed E-state index contributed by atoms with van der Waals surface area (Å²) in [5.41, 5.74) is 1.65. The van der Waals surface area contributed by atoms with E-state index in [0.717, 1.165) is 23.0 Å².